The lowest BCUT2D eigenvalue weighted by Gasteiger charge is -2.36. The second-order valence-electron chi connectivity index (χ2n) is 6.42. The Balaban J connectivity index is 1.39. The molecule has 140 valence electrons. The summed E-state index contributed by atoms with van der Waals surface area (Å²) in [6.45, 7) is 3.84. The topological polar surface area (TPSA) is 48.5 Å². The summed E-state index contributed by atoms with van der Waals surface area (Å²) < 4.78 is 28.1. The lowest BCUT2D eigenvalue weighted by Crippen LogP contribution is -2.50. The molecule has 5 nitrogen and oxygen atoms in total. The summed E-state index contributed by atoms with van der Waals surface area (Å²) in [7, 11) is 0. The first-order valence-corrected chi connectivity index (χ1v) is 9.44. The molecule has 1 fully saturated rings. The van der Waals surface area contributed by atoms with E-state index in [4.69, 9.17) is 0 Å². The van der Waals surface area contributed by atoms with Crippen LogP contribution in [-0.2, 0) is 0 Å². The number of rotatable bonds is 2. The molecule has 0 spiro atoms. The van der Waals surface area contributed by atoms with Crippen LogP contribution < -0.4 is 10.2 Å². The van der Waals surface area contributed by atoms with Crippen LogP contribution in [0, 0.1) is 18.6 Å². The number of nitrogens with one attached hydrogen (secondary N) is 1. The number of aryl methyl sites for hydroxylation is 1. The number of halogens is 2. The largest absolute Gasteiger partial charge is 0.366 e. The fourth-order valence-electron chi connectivity index (χ4n) is 3.21. The Kier molecular flexibility index (Phi) is 4.65. The highest BCUT2D eigenvalue weighted by Crippen LogP contribution is 2.25. The number of benzene rings is 2. The molecular weight excluding hydrogens is 370 g/mol. The molecule has 8 heteroatoms. The minimum absolute atomic E-state index is 0.194. The maximum atomic E-state index is 13.9. The van der Waals surface area contributed by atoms with Gasteiger partial charge in [-0.25, -0.2) is 18.6 Å². The molecule has 0 saturated carbocycles. The molecule has 1 saturated heterocycles. The van der Waals surface area contributed by atoms with Crippen LogP contribution in [-0.4, -0.2) is 42.1 Å². The minimum Gasteiger partial charge on any atom is -0.366 e. The van der Waals surface area contributed by atoms with Crippen LogP contribution in [0.4, 0.5) is 25.0 Å². The van der Waals surface area contributed by atoms with E-state index in [9.17, 15) is 13.6 Å². The van der Waals surface area contributed by atoms with Gasteiger partial charge < -0.3 is 15.1 Å². The number of nitrogens with zero attached hydrogens (tertiary/aromatic N) is 3. The Morgan fingerprint density at radius 2 is 1.89 bits per heavy atom. The van der Waals surface area contributed by atoms with Gasteiger partial charge in [-0.1, -0.05) is 0 Å². The molecule has 1 aliphatic heterocycles. The van der Waals surface area contributed by atoms with Crippen molar-refractivity contribution in [1.82, 2.24) is 9.88 Å². The highest BCUT2D eigenvalue weighted by molar-refractivity contribution is 7.18. The monoisotopic (exact) mass is 388 g/mol. The van der Waals surface area contributed by atoms with E-state index in [-0.39, 0.29) is 6.03 Å². The molecule has 1 aromatic heterocycles. The Hall–Kier alpha value is -2.74. The summed E-state index contributed by atoms with van der Waals surface area (Å²) in [5, 5.41) is 3.88. The maximum Gasteiger partial charge on any atom is 0.321 e. The SMILES string of the molecule is Cc1nc2cc(NC(=O)N3CCN(c4ccc(F)cc4F)CC3)ccc2s1. The van der Waals surface area contributed by atoms with Gasteiger partial charge in [0.05, 0.1) is 20.9 Å². The Bertz CT molecular complexity index is 999. The predicted octanol–water partition coefficient (Wildman–Crippen LogP) is 4.24. The highest BCUT2D eigenvalue weighted by atomic mass is 32.1. The summed E-state index contributed by atoms with van der Waals surface area (Å²) in [5.41, 5.74) is 1.93. The number of hydrogen-bond donors (Lipinski definition) is 1. The molecular formula is C19H18F2N4OS. The average Bonchev–Trinajstić information content (AvgIpc) is 3.01. The quantitative estimate of drug-likeness (QED) is 0.715. The second kappa shape index (κ2) is 7.11. The normalized spacial score (nSPS) is 14.6. The van der Waals surface area contributed by atoms with Crippen molar-refractivity contribution in [2.24, 2.45) is 0 Å². The molecule has 0 bridgehead atoms. The number of anilines is 2. The predicted molar refractivity (Wildman–Crippen MR) is 104 cm³/mol. The summed E-state index contributed by atoms with van der Waals surface area (Å²) in [6.07, 6.45) is 0. The molecule has 2 heterocycles. The molecule has 0 unspecified atom stereocenters. The van der Waals surface area contributed by atoms with E-state index in [1.165, 1.54) is 12.1 Å². The van der Waals surface area contributed by atoms with E-state index < -0.39 is 11.6 Å². The smallest absolute Gasteiger partial charge is 0.321 e. The van der Waals surface area contributed by atoms with Gasteiger partial charge in [0.15, 0.2) is 0 Å². The van der Waals surface area contributed by atoms with Gasteiger partial charge in [-0.05, 0) is 37.3 Å². The number of aromatic nitrogens is 1. The third-order valence-electron chi connectivity index (χ3n) is 4.56. The van der Waals surface area contributed by atoms with Crippen LogP contribution >= 0.6 is 11.3 Å². The van der Waals surface area contributed by atoms with Gasteiger partial charge in [-0.15, -0.1) is 11.3 Å². The van der Waals surface area contributed by atoms with Gasteiger partial charge in [0.2, 0.25) is 0 Å². The molecule has 27 heavy (non-hydrogen) atoms. The molecule has 2 aromatic carbocycles. The number of thiazole rings is 1. The van der Waals surface area contributed by atoms with E-state index in [2.05, 4.69) is 10.3 Å². The van der Waals surface area contributed by atoms with Gasteiger partial charge in [0, 0.05) is 37.9 Å². The molecule has 1 N–H and O–H groups in total. The minimum atomic E-state index is -0.596. The van der Waals surface area contributed by atoms with Crippen molar-refractivity contribution in [3.8, 4) is 0 Å². The Labute approximate surface area is 159 Å². The fraction of sp³-hybridized carbons (Fsp3) is 0.263. The summed E-state index contributed by atoms with van der Waals surface area (Å²) >= 11 is 1.61. The van der Waals surface area contributed by atoms with Gasteiger partial charge >= 0.3 is 6.03 Å². The first-order chi connectivity index (χ1) is 13.0. The van der Waals surface area contributed by atoms with Crippen LogP contribution in [0.25, 0.3) is 10.2 Å². The van der Waals surface area contributed by atoms with Crippen LogP contribution in [0.15, 0.2) is 36.4 Å². The van der Waals surface area contributed by atoms with E-state index in [1.807, 2.05) is 30.0 Å². The van der Waals surface area contributed by atoms with Crippen LogP contribution in [0.5, 0.6) is 0 Å². The Morgan fingerprint density at radius 3 is 2.63 bits per heavy atom. The molecule has 0 atom stereocenters. The van der Waals surface area contributed by atoms with E-state index in [0.717, 1.165) is 21.3 Å². The molecule has 4 rings (SSSR count). The first kappa shape index (κ1) is 17.7. The van der Waals surface area contributed by atoms with Crippen molar-refractivity contribution >= 4 is 39.0 Å². The van der Waals surface area contributed by atoms with Gasteiger partial charge in [0.25, 0.3) is 0 Å². The zero-order chi connectivity index (χ0) is 19.0. The van der Waals surface area contributed by atoms with Crippen molar-refractivity contribution in [2.45, 2.75) is 6.92 Å². The summed E-state index contributed by atoms with van der Waals surface area (Å²) in [6, 6.07) is 9.04. The molecule has 2 amide bonds. The van der Waals surface area contributed by atoms with Crippen molar-refractivity contribution in [2.75, 3.05) is 36.4 Å². The number of piperazine rings is 1. The lowest BCUT2D eigenvalue weighted by molar-refractivity contribution is 0.208. The van der Waals surface area contributed by atoms with Crippen molar-refractivity contribution in [3.05, 3.63) is 53.0 Å². The van der Waals surface area contributed by atoms with Crippen molar-refractivity contribution in [1.29, 1.82) is 0 Å². The molecule has 0 aliphatic carbocycles. The standard InChI is InChI=1S/C19H18F2N4OS/c1-12-22-16-11-14(3-5-18(16)27-12)23-19(26)25-8-6-24(7-9-25)17-4-2-13(20)10-15(17)21/h2-5,10-11H,6-9H2,1H3,(H,23,26). The number of amides is 2. The highest BCUT2D eigenvalue weighted by Gasteiger charge is 2.23. The van der Waals surface area contributed by atoms with Gasteiger partial charge in [0.1, 0.15) is 11.6 Å². The number of fused-ring (bicyclic) bond motifs is 1. The van der Waals surface area contributed by atoms with E-state index >= 15 is 0 Å². The molecule has 1 aliphatic rings. The van der Waals surface area contributed by atoms with Crippen LogP contribution in [0.1, 0.15) is 5.01 Å². The number of carbonyl (C=O) groups excluding carboxylic acids is 1. The second-order valence-corrected chi connectivity index (χ2v) is 7.65. The summed E-state index contributed by atoms with van der Waals surface area (Å²) in [5.74, 6) is -1.18. The summed E-state index contributed by atoms with van der Waals surface area (Å²) in [4.78, 5) is 20.5. The average molecular weight is 388 g/mol. The maximum absolute atomic E-state index is 13.9. The molecule has 0 radical (unpaired) electrons. The zero-order valence-corrected chi connectivity index (χ0v) is 15.5. The van der Waals surface area contributed by atoms with Gasteiger partial charge in [-0.2, -0.15) is 0 Å². The molecule has 3 aromatic rings. The number of hydrogen-bond acceptors (Lipinski definition) is 4. The Morgan fingerprint density at radius 1 is 1.11 bits per heavy atom. The van der Waals surface area contributed by atoms with Crippen LogP contribution in [0.3, 0.4) is 0 Å². The van der Waals surface area contributed by atoms with Crippen LogP contribution in [0.2, 0.25) is 0 Å². The third-order valence-corrected chi connectivity index (χ3v) is 5.51. The number of urea groups is 1. The van der Waals surface area contributed by atoms with Gasteiger partial charge in [-0.3, -0.25) is 0 Å². The van der Waals surface area contributed by atoms with Crippen molar-refractivity contribution in [3.63, 3.8) is 0 Å². The zero-order valence-electron chi connectivity index (χ0n) is 14.7. The first-order valence-electron chi connectivity index (χ1n) is 8.63. The van der Waals surface area contributed by atoms with Crippen molar-refractivity contribution < 1.29 is 13.6 Å². The fourth-order valence-corrected chi connectivity index (χ4v) is 4.02. The van der Waals surface area contributed by atoms with E-state index in [0.29, 0.717) is 37.6 Å². The lowest BCUT2D eigenvalue weighted by atomic mass is 10.2. The number of carbonyl (C=O) groups is 1. The van der Waals surface area contributed by atoms with E-state index in [1.54, 1.807) is 16.2 Å². The third kappa shape index (κ3) is 3.71.